The molecule has 0 saturated carbocycles. The van der Waals surface area contributed by atoms with Crippen molar-refractivity contribution in [1.82, 2.24) is 9.97 Å². The standard InChI is InChI=1S/C11H16F3N3O/c1-3-4-8(7-18-2)16-10-15-6-5-9(17-10)11(12,13)14/h5-6,8H,3-4,7H2,1-2H3,(H,15,16,17). The maximum atomic E-state index is 12.5. The fraction of sp³-hybridized carbons (Fsp3) is 0.636. The molecule has 0 aliphatic rings. The van der Waals surface area contributed by atoms with Crippen LogP contribution in [-0.4, -0.2) is 29.7 Å². The molecule has 0 aromatic carbocycles. The van der Waals surface area contributed by atoms with Gasteiger partial charge in [0.05, 0.1) is 12.6 Å². The third kappa shape index (κ3) is 4.48. The highest BCUT2D eigenvalue weighted by Crippen LogP contribution is 2.27. The summed E-state index contributed by atoms with van der Waals surface area (Å²) in [6.45, 7) is 2.38. The fourth-order valence-corrected chi connectivity index (χ4v) is 1.52. The van der Waals surface area contributed by atoms with E-state index in [9.17, 15) is 13.2 Å². The molecule has 0 aliphatic heterocycles. The number of rotatable bonds is 6. The SMILES string of the molecule is CCCC(COC)Nc1nccc(C(F)(F)F)n1. The number of hydrogen-bond acceptors (Lipinski definition) is 4. The van der Waals surface area contributed by atoms with Crippen LogP contribution in [0.15, 0.2) is 12.3 Å². The van der Waals surface area contributed by atoms with Crippen LogP contribution in [0.2, 0.25) is 0 Å². The molecule has 1 rings (SSSR count). The van der Waals surface area contributed by atoms with E-state index in [1.54, 1.807) is 0 Å². The second kappa shape index (κ2) is 6.53. The van der Waals surface area contributed by atoms with Gasteiger partial charge in [-0.2, -0.15) is 13.2 Å². The number of aromatic nitrogens is 2. The van der Waals surface area contributed by atoms with Crippen LogP contribution >= 0.6 is 0 Å². The van der Waals surface area contributed by atoms with Gasteiger partial charge in [0.25, 0.3) is 0 Å². The van der Waals surface area contributed by atoms with Gasteiger partial charge in [-0.1, -0.05) is 13.3 Å². The molecule has 1 atom stereocenters. The second-order valence-corrected chi connectivity index (χ2v) is 3.85. The molecule has 1 unspecified atom stereocenters. The third-order valence-electron chi connectivity index (χ3n) is 2.28. The Bertz CT molecular complexity index is 365. The van der Waals surface area contributed by atoms with Crippen molar-refractivity contribution in [1.29, 1.82) is 0 Å². The minimum Gasteiger partial charge on any atom is -0.383 e. The highest BCUT2D eigenvalue weighted by molar-refractivity contribution is 5.27. The summed E-state index contributed by atoms with van der Waals surface area (Å²) in [6, 6.07) is 0.750. The Hall–Kier alpha value is -1.37. The van der Waals surface area contributed by atoms with Crippen LogP contribution in [0.4, 0.5) is 19.1 Å². The molecule has 0 fully saturated rings. The zero-order chi connectivity index (χ0) is 13.6. The van der Waals surface area contributed by atoms with Gasteiger partial charge in [-0.3, -0.25) is 0 Å². The second-order valence-electron chi connectivity index (χ2n) is 3.85. The van der Waals surface area contributed by atoms with E-state index in [2.05, 4.69) is 15.3 Å². The molecular formula is C11H16F3N3O. The number of halogens is 3. The van der Waals surface area contributed by atoms with Crippen LogP contribution in [0.3, 0.4) is 0 Å². The van der Waals surface area contributed by atoms with Crippen molar-refractivity contribution in [2.45, 2.75) is 32.0 Å². The van der Waals surface area contributed by atoms with E-state index in [0.29, 0.717) is 6.61 Å². The van der Waals surface area contributed by atoms with Gasteiger partial charge in [-0.25, -0.2) is 9.97 Å². The molecule has 1 N–H and O–H groups in total. The predicted molar refractivity (Wildman–Crippen MR) is 61.2 cm³/mol. The van der Waals surface area contributed by atoms with Crippen LogP contribution in [0.25, 0.3) is 0 Å². The van der Waals surface area contributed by atoms with Gasteiger partial charge in [0, 0.05) is 13.3 Å². The van der Waals surface area contributed by atoms with Crippen LogP contribution in [0.1, 0.15) is 25.5 Å². The van der Waals surface area contributed by atoms with E-state index in [1.807, 2.05) is 6.92 Å². The molecular weight excluding hydrogens is 247 g/mol. The van der Waals surface area contributed by atoms with Crippen molar-refractivity contribution < 1.29 is 17.9 Å². The van der Waals surface area contributed by atoms with E-state index in [1.165, 1.54) is 7.11 Å². The van der Waals surface area contributed by atoms with E-state index in [4.69, 9.17) is 4.74 Å². The molecule has 4 nitrogen and oxygen atoms in total. The van der Waals surface area contributed by atoms with Crippen LogP contribution < -0.4 is 5.32 Å². The first-order chi connectivity index (χ1) is 8.47. The third-order valence-corrected chi connectivity index (χ3v) is 2.28. The number of methoxy groups -OCH3 is 1. The van der Waals surface area contributed by atoms with E-state index < -0.39 is 11.9 Å². The van der Waals surface area contributed by atoms with Gasteiger partial charge >= 0.3 is 6.18 Å². The van der Waals surface area contributed by atoms with Gasteiger partial charge in [-0.15, -0.1) is 0 Å². The summed E-state index contributed by atoms with van der Waals surface area (Å²) in [6.07, 6.45) is -1.71. The lowest BCUT2D eigenvalue weighted by Gasteiger charge is -2.17. The van der Waals surface area contributed by atoms with Gasteiger partial charge in [0.2, 0.25) is 5.95 Å². The van der Waals surface area contributed by atoms with Crippen molar-refractivity contribution in [2.24, 2.45) is 0 Å². The predicted octanol–water partition coefficient (Wildman–Crippen LogP) is 2.72. The minimum absolute atomic E-state index is 0.0275. The molecule has 0 aliphatic carbocycles. The summed E-state index contributed by atoms with van der Waals surface area (Å²) in [5, 5.41) is 2.85. The summed E-state index contributed by atoms with van der Waals surface area (Å²) in [5.74, 6) is -0.0275. The highest BCUT2D eigenvalue weighted by Gasteiger charge is 2.32. The molecule has 1 aromatic rings. The van der Waals surface area contributed by atoms with E-state index in [0.717, 1.165) is 25.1 Å². The largest absolute Gasteiger partial charge is 0.433 e. The van der Waals surface area contributed by atoms with Gasteiger partial charge in [-0.05, 0) is 12.5 Å². The van der Waals surface area contributed by atoms with Crippen molar-refractivity contribution in [3.63, 3.8) is 0 Å². The number of anilines is 1. The first kappa shape index (κ1) is 14.7. The van der Waals surface area contributed by atoms with Crippen molar-refractivity contribution >= 4 is 5.95 Å². The van der Waals surface area contributed by atoms with Crippen molar-refractivity contribution in [3.8, 4) is 0 Å². The number of hydrogen-bond donors (Lipinski definition) is 1. The van der Waals surface area contributed by atoms with Gasteiger partial charge < -0.3 is 10.1 Å². The quantitative estimate of drug-likeness (QED) is 0.857. The number of nitrogens with one attached hydrogen (secondary N) is 1. The molecule has 0 amide bonds. The Kier molecular flexibility index (Phi) is 5.33. The number of alkyl halides is 3. The lowest BCUT2D eigenvalue weighted by atomic mass is 10.2. The molecule has 0 bridgehead atoms. The summed E-state index contributed by atoms with van der Waals surface area (Å²) in [4.78, 5) is 7.22. The Morgan fingerprint density at radius 3 is 2.72 bits per heavy atom. The molecule has 7 heteroatoms. The first-order valence-corrected chi connectivity index (χ1v) is 5.63. The smallest absolute Gasteiger partial charge is 0.383 e. The summed E-state index contributed by atoms with van der Waals surface area (Å²) in [5.41, 5.74) is -0.951. The summed E-state index contributed by atoms with van der Waals surface area (Å²) >= 11 is 0. The number of ether oxygens (including phenoxy) is 1. The Morgan fingerprint density at radius 2 is 2.17 bits per heavy atom. The average Bonchev–Trinajstić information content (AvgIpc) is 2.29. The monoisotopic (exact) mass is 263 g/mol. The molecule has 1 aromatic heterocycles. The maximum Gasteiger partial charge on any atom is 0.433 e. The molecule has 0 spiro atoms. The Labute approximate surface area is 104 Å². The van der Waals surface area contributed by atoms with Crippen LogP contribution in [-0.2, 0) is 10.9 Å². The minimum atomic E-state index is -4.46. The molecule has 18 heavy (non-hydrogen) atoms. The van der Waals surface area contributed by atoms with E-state index >= 15 is 0 Å². The van der Waals surface area contributed by atoms with E-state index in [-0.39, 0.29) is 12.0 Å². The Morgan fingerprint density at radius 1 is 1.44 bits per heavy atom. The van der Waals surface area contributed by atoms with Crippen molar-refractivity contribution in [3.05, 3.63) is 18.0 Å². The maximum absolute atomic E-state index is 12.5. The lowest BCUT2D eigenvalue weighted by molar-refractivity contribution is -0.141. The highest BCUT2D eigenvalue weighted by atomic mass is 19.4. The van der Waals surface area contributed by atoms with Crippen molar-refractivity contribution in [2.75, 3.05) is 19.0 Å². The average molecular weight is 263 g/mol. The molecule has 102 valence electrons. The number of nitrogens with zero attached hydrogens (tertiary/aromatic N) is 2. The zero-order valence-electron chi connectivity index (χ0n) is 10.3. The fourth-order valence-electron chi connectivity index (χ4n) is 1.52. The normalized spacial score (nSPS) is 13.4. The van der Waals surface area contributed by atoms with Gasteiger partial charge in [0.1, 0.15) is 5.69 Å². The lowest BCUT2D eigenvalue weighted by Crippen LogP contribution is -2.26. The van der Waals surface area contributed by atoms with Gasteiger partial charge in [0.15, 0.2) is 0 Å². The summed E-state index contributed by atoms with van der Waals surface area (Å²) < 4.78 is 42.4. The zero-order valence-corrected chi connectivity index (χ0v) is 10.3. The first-order valence-electron chi connectivity index (χ1n) is 5.63. The Balaban J connectivity index is 2.77. The van der Waals surface area contributed by atoms with Crippen LogP contribution in [0.5, 0.6) is 0 Å². The molecule has 0 saturated heterocycles. The summed E-state index contributed by atoms with van der Waals surface area (Å²) in [7, 11) is 1.54. The topological polar surface area (TPSA) is 47.0 Å². The van der Waals surface area contributed by atoms with Crippen LogP contribution in [0, 0.1) is 0 Å². The molecule has 0 radical (unpaired) electrons. The molecule has 1 heterocycles.